The number of pyridine rings is 1. The fourth-order valence-corrected chi connectivity index (χ4v) is 3.22. The molecule has 0 amide bonds. The number of aromatic nitrogens is 1. The summed E-state index contributed by atoms with van der Waals surface area (Å²) in [7, 11) is 0. The van der Waals surface area contributed by atoms with Crippen LogP contribution in [0.5, 0.6) is 0 Å². The predicted molar refractivity (Wildman–Crippen MR) is 83.3 cm³/mol. The third-order valence-corrected chi connectivity index (χ3v) is 4.16. The summed E-state index contributed by atoms with van der Waals surface area (Å²) in [5.74, 6) is 0. The molecule has 2 aromatic heterocycles. The zero-order chi connectivity index (χ0) is 13.7. The molecular formula is C14H16Cl2N2S. The summed E-state index contributed by atoms with van der Waals surface area (Å²) in [6, 6.07) is 4.07. The fourth-order valence-electron chi connectivity index (χ4n) is 2.01. The Morgan fingerprint density at radius 1 is 1.42 bits per heavy atom. The molecule has 0 aromatic carbocycles. The summed E-state index contributed by atoms with van der Waals surface area (Å²) in [6.45, 7) is 2.97. The van der Waals surface area contributed by atoms with Gasteiger partial charge in [-0.1, -0.05) is 30.1 Å². The first-order valence-corrected chi connectivity index (χ1v) is 7.96. The van der Waals surface area contributed by atoms with Gasteiger partial charge in [0.2, 0.25) is 0 Å². The summed E-state index contributed by atoms with van der Waals surface area (Å²) in [6.07, 6.45) is 3.64. The minimum Gasteiger partial charge on any atom is -0.309 e. The van der Waals surface area contributed by atoms with Crippen LogP contribution in [-0.4, -0.2) is 11.5 Å². The Balaban J connectivity index is 2.10. The van der Waals surface area contributed by atoms with Crippen molar-refractivity contribution in [2.75, 3.05) is 6.54 Å². The van der Waals surface area contributed by atoms with Gasteiger partial charge in [0.15, 0.2) is 0 Å². The summed E-state index contributed by atoms with van der Waals surface area (Å²) in [5.41, 5.74) is 2.24. The van der Waals surface area contributed by atoms with Crippen molar-refractivity contribution in [3.8, 4) is 0 Å². The smallest absolute Gasteiger partial charge is 0.0760 e. The highest BCUT2D eigenvalue weighted by Gasteiger charge is 2.15. The van der Waals surface area contributed by atoms with E-state index in [9.17, 15) is 0 Å². The second kappa shape index (κ2) is 7.25. The van der Waals surface area contributed by atoms with Gasteiger partial charge in [0.1, 0.15) is 0 Å². The van der Waals surface area contributed by atoms with Crippen LogP contribution in [0.25, 0.3) is 0 Å². The van der Waals surface area contributed by atoms with Gasteiger partial charge in [-0.25, -0.2) is 0 Å². The predicted octanol–water partition coefficient (Wildman–Crippen LogP) is 4.73. The van der Waals surface area contributed by atoms with Crippen LogP contribution in [0, 0.1) is 0 Å². The second-order valence-corrected chi connectivity index (χ2v) is 5.92. The van der Waals surface area contributed by atoms with E-state index in [0.29, 0.717) is 10.0 Å². The molecule has 0 aliphatic rings. The average Bonchev–Trinajstić information content (AvgIpc) is 2.88. The second-order valence-electron chi connectivity index (χ2n) is 4.30. The van der Waals surface area contributed by atoms with E-state index in [1.807, 2.05) is 0 Å². The van der Waals surface area contributed by atoms with Crippen LogP contribution in [0.15, 0.2) is 29.1 Å². The van der Waals surface area contributed by atoms with Crippen LogP contribution in [0.3, 0.4) is 0 Å². The highest BCUT2D eigenvalue weighted by atomic mass is 35.5. The molecule has 0 spiro atoms. The summed E-state index contributed by atoms with van der Waals surface area (Å²) >= 11 is 13.9. The standard InChI is InChI=1S/C14H16Cl2N2S/c1-2-17-13(4-3-10-5-6-19-9-10)14-12(16)7-11(15)8-18-14/h5-9,13,17H,2-4H2,1H3. The first kappa shape index (κ1) is 14.8. The first-order valence-electron chi connectivity index (χ1n) is 6.26. The number of nitrogens with one attached hydrogen (secondary N) is 1. The molecule has 0 aliphatic carbocycles. The van der Waals surface area contributed by atoms with Gasteiger partial charge in [-0.2, -0.15) is 11.3 Å². The van der Waals surface area contributed by atoms with Gasteiger partial charge in [-0.3, -0.25) is 4.98 Å². The lowest BCUT2D eigenvalue weighted by atomic mass is 10.0. The third kappa shape index (κ3) is 4.18. The van der Waals surface area contributed by atoms with Gasteiger partial charge in [0.25, 0.3) is 0 Å². The van der Waals surface area contributed by atoms with Crippen molar-refractivity contribution < 1.29 is 0 Å². The minimum absolute atomic E-state index is 0.162. The Morgan fingerprint density at radius 3 is 2.89 bits per heavy atom. The zero-order valence-electron chi connectivity index (χ0n) is 10.7. The summed E-state index contributed by atoms with van der Waals surface area (Å²) < 4.78 is 0. The van der Waals surface area contributed by atoms with E-state index < -0.39 is 0 Å². The van der Waals surface area contributed by atoms with Crippen LogP contribution in [0.4, 0.5) is 0 Å². The average molecular weight is 315 g/mol. The molecule has 1 unspecified atom stereocenters. The summed E-state index contributed by atoms with van der Waals surface area (Å²) in [4.78, 5) is 4.37. The maximum Gasteiger partial charge on any atom is 0.0760 e. The van der Waals surface area contributed by atoms with Crippen molar-refractivity contribution in [3.05, 3.63) is 50.4 Å². The van der Waals surface area contributed by atoms with Crippen molar-refractivity contribution in [1.82, 2.24) is 10.3 Å². The van der Waals surface area contributed by atoms with E-state index in [1.165, 1.54) is 5.56 Å². The molecule has 2 heterocycles. The summed E-state index contributed by atoms with van der Waals surface area (Å²) in [5, 5.41) is 8.92. The molecule has 102 valence electrons. The molecule has 0 saturated carbocycles. The Hall–Kier alpha value is -0.610. The number of hydrogen-bond donors (Lipinski definition) is 1. The van der Waals surface area contributed by atoms with E-state index in [0.717, 1.165) is 25.1 Å². The topological polar surface area (TPSA) is 24.9 Å². The highest BCUT2D eigenvalue weighted by Crippen LogP contribution is 2.27. The molecular weight excluding hydrogens is 299 g/mol. The zero-order valence-corrected chi connectivity index (χ0v) is 13.0. The van der Waals surface area contributed by atoms with Crippen molar-refractivity contribution in [2.45, 2.75) is 25.8 Å². The molecule has 2 nitrogen and oxygen atoms in total. The van der Waals surface area contributed by atoms with Crippen molar-refractivity contribution in [1.29, 1.82) is 0 Å². The maximum absolute atomic E-state index is 6.24. The SMILES string of the molecule is CCNC(CCc1ccsc1)c1ncc(Cl)cc1Cl. The minimum atomic E-state index is 0.162. The van der Waals surface area contributed by atoms with Crippen LogP contribution >= 0.6 is 34.5 Å². The number of nitrogens with zero attached hydrogens (tertiary/aromatic N) is 1. The van der Waals surface area contributed by atoms with Crippen LogP contribution in [0.1, 0.15) is 30.6 Å². The molecule has 1 N–H and O–H groups in total. The molecule has 19 heavy (non-hydrogen) atoms. The number of hydrogen-bond acceptors (Lipinski definition) is 3. The molecule has 0 bridgehead atoms. The monoisotopic (exact) mass is 314 g/mol. The van der Waals surface area contributed by atoms with Crippen molar-refractivity contribution >= 4 is 34.5 Å². The Kier molecular flexibility index (Phi) is 5.64. The first-order chi connectivity index (χ1) is 9.20. The quantitative estimate of drug-likeness (QED) is 0.833. The van der Waals surface area contributed by atoms with Crippen LogP contribution in [0.2, 0.25) is 10.0 Å². The lowest BCUT2D eigenvalue weighted by Crippen LogP contribution is -2.22. The van der Waals surface area contributed by atoms with Crippen molar-refractivity contribution in [3.63, 3.8) is 0 Å². The van der Waals surface area contributed by atoms with Gasteiger partial charge in [-0.15, -0.1) is 0 Å². The molecule has 5 heteroatoms. The largest absolute Gasteiger partial charge is 0.309 e. The maximum atomic E-state index is 6.24. The van der Waals surface area contributed by atoms with E-state index >= 15 is 0 Å². The molecule has 1 atom stereocenters. The van der Waals surface area contributed by atoms with Gasteiger partial charge >= 0.3 is 0 Å². The van der Waals surface area contributed by atoms with Crippen LogP contribution < -0.4 is 5.32 Å². The fraction of sp³-hybridized carbons (Fsp3) is 0.357. The molecule has 2 rings (SSSR count). The normalized spacial score (nSPS) is 12.6. The molecule has 2 aromatic rings. The van der Waals surface area contributed by atoms with Gasteiger partial charge < -0.3 is 5.32 Å². The van der Waals surface area contributed by atoms with Crippen LogP contribution in [-0.2, 0) is 6.42 Å². The van der Waals surface area contributed by atoms with Gasteiger partial charge in [0.05, 0.1) is 21.8 Å². The number of halogens is 2. The number of rotatable bonds is 6. The lowest BCUT2D eigenvalue weighted by Gasteiger charge is -2.18. The number of aryl methyl sites for hydroxylation is 1. The Morgan fingerprint density at radius 2 is 2.26 bits per heavy atom. The molecule has 0 fully saturated rings. The van der Waals surface area contributed by atoms with Gasteiger partial charge in [-0.05, 0) is 47.8 Å². The van der Waals surface area contributed by atoms with E-state index in [2.05, 4.69) is 34.1 Å². The highest BCUT2D eigenvalue weighted by molar-refractivity contribution is 7.07. The number of thiophene rings is 1. The molecule has 0 radical (unpaired) electrons. The van der Waals surface area contributed by atoms with E-state index in [-0.39, 0.29) is 6.04 Å². The lowest BCUT2D eigenvalue weighted by molar-refractivity contribution is 0.504. The van der Waals surface area contributed by atoms with Crippen molar-refractivity contribution in [2.24, 2.45) is 0 Å². The third-order valence-electron chi connectivity index (χ3n) is 2.92. The van der Waals surface area contributed by atoms with E-state index in [4.69, 9.17) is 23.2 Å². The van der Waals surface area contributed by atoms with E-state index in [1.54, 1.807) is 23.6 Å². The molecule has 0 saturated heterocycles. The van der Waals surface area contributed by atoms with Gasteiger partial charge in [0, 0.05) is 6.20 Å². The Labute approximate surface area is 127 Å². The Bertz CT molecular complexity index is 514. The molecule has 0 aliphatic heterocycles.